The quantitative estimate of drug-likeness (QED) is 0.627. The highest BCUT2D eigenvalue weighted by molar-refractivity contribution is 5.66. The predicted octanol–water partition coefficient (Wildman–Crippen LogP) is 1.76. The lowest BCUT2D eigenvalue weighted by Gasteiger charge is -2.41. The summed E-state index contributed by atoms with van der Waals surface area (Å²) in [4.78, 5) is 11.0. The van der Waals surface area contributed by atoms with Crippen molar-refractivity contribution >= 4 is 6.29 Å². The monoisotopic (exact) mass is 182 g/mol. The molecule has 13 heavy (non-hydrogen) atoms. The molecular weight excluding hydrogens is 164 g/mol. The molecule has 1 N–H and O–H groups in total. The molecule has 2 nitrogen and oxygen atoms in total. The number of hydrogen-bond acceptors (Lipinski definition) is 2. The van der Waals surface area contributed by atoms with Gasteiger partial charge in [0.15, 0.2) is 6.29 Å². The van der Waals surface area contributed by atoms with E-state index in [1.807, 2.05) is 0 Å². The van der Waals surface area contributed by atoms with Crippen molar-refractivity contribution in [1.29, 1.82) is 0 Å². The minimum Gasteiger partial charge on any atom is -0.382 e. The van der Waals surface area contributed by atoms with Crippen LogP contribution in [0.5, 0.6) is 0 Å². The molecule has 0 saturated heterocycles. The van der Waals surface area contributed by atoms with Crippen molar-refractivity contribution in [2.24, 2.45) is 16.7 Å². The standard InChI is InChI=1S/C11H18O2/c1-9(2)8-4-5-10(9,3)11(13,6-8)7-12/h7-8,13H,4-6H2,1-3H3/t8-,10-,11+/m1/s1. The fourth-order valence-corrected chi connectivity index (χ4v) is 3.51. The molecule has 3 atom stereocenters. The molecule has 2 aliphatic carbocycles. The van der Waals surface area contributed by atoms with Crippen LogP contribution >= 0.6 is 0 Å². The summed E-state index contributed by atoms with van der Waals surface area (Å²) in [5, 5.41) is 10.2. The van der Waals surface area contributed by atoms with Gasteiger partial charge >= 0.3 is 0 Å². The Labute approximate surface area is 79.3 Å². The Morgan fingerprint density at radius 1 is 1.38 bits per heavy atom. The third kappa shape index (κ3) is 0.762. The SMILES string of the molecule is CC1(C)[C@@H]2CC[C@@]1(C)[C@@](O)(C=O)C2. The van der Waals surface area contributed by atoms with Crippen molar-refractivity contribution < 1.29 is 9.90 Å². The van der Waals surface area contributed by atoms with Crippen LogP contribution in [0.2, 0.25) is 0 Å². The molecule has 0 aliphatic heterocycles. The molecule has 0 aromatic carbocycles. The molecule has 2 fully saturated rings. The Morgan fingerprint density at radius 3 is 2.23 bits per heavy atom. The molecule has 0 spiro atoms. The second-order valence-corrected chi connectivity index (χ2v) is 5.54. The number of fused-ring (bicyclic) bond motifs is 2. The molecule has 0 heterocycles. The third-order valence-corrected chi connectivity index (χ3v) is 5.14. The van der Waals surface area contributed by atoms with Crippen LogP contribution in [-0.2, 0) is 4.79 Å². The van der Waals surface area contributed by atoms with Crippen molar-refractivity contribution in [2.75, 3.05) is 0 Å². The zero-order valence-corrected chi connectivity index (χ0v) is 8.63. The Kier molecular flexibility index (Phi) is 1.53. The van der Waals surface area contributed by atoms with Crippen LogP contribution in [0.25, 0.3) is 0 Å². The first kappa shape index (κ1) is 9.20. The molecule has 0 radical (unpaired) electrons. The molecular formula is C11H18O2. The second-order valence-electron chi connectivity index (χ2n) is 5.54. The van der Waals surface area contributed by atoms with Crippen LogP contribution in [-0.4, -0.2) is 17.0 Å². The van der Waals surface area contributed by atoms with Crippen molar-refractivity contribution in [3.63, 3.8) is 0 Å². The summed E-state index contributed by atoms with van der Waals surface area (Å²) in [6, 6.07) is 0. The van der Waals surface area contributed by atoms with Gasteiger partial charge in [-0.15, -0.1) is 0 Å². The van der Waals surface area contributed by atoms with E-state index < -0.39 is 5.60 Å². The van der Waals surface area contributed by atoms with Gasteiger partial charge in [0.05, 0.1) is 0 Å². The molecule has 0 aromatic heterocycles. The maximum atomic E-state index is 11.0. The predicted molar refractivity (Wildman–Crippen MR) is 50.2 cm³/mol. The third-order valence-electron chi connectivity index (χ3n) is 5.14. The maximum Gasteiger partial charge on any atom is 0.152 e. The number of carbonyl (C=O) groups excluding carboxylic acids is 1. The molecule has 2 aliphatic rings. The lowest BCUT2D eigenvalue weighted by molar-refractivity contribution is -0.141. The van der Waals surface area contributed by atoms with E-state index in [1.54, 1.807) is 0 Å². The summed E-state index contributed by atoms with van der Waals surface area (Å²) >= 11 is 0. The van der Waals surface area contributed by atoms with Crippen molar-refractivity contribution in [3.05, 3.63) is 0 Å². The Bertz CT molecular complexity index is 259. The maximum absolute atomic E-state index is 11.0. The van der Waals surface area contributed by atoms with Gasteiger partial charge in [0.25, 0.3) is 0 Å². The Hall–Kier alpha value is -0.370. The highest BCUT2D eigenvalue weighted by Crippen LogP contribution is 2.68. The van der Waals surface area contributed by atoms with Crippen molar-refractivity contribution in [2.45, 2.75) is 45.6 Å². The molecule has 2 bridgehead atoms. The van der Waals surface area contributed by atoms with Crippen LogP contribution in [0.15, 0.2) is 0 Å². The molecule has 2 saturated carbocycles. The van der Waals surface area contributed by atoms with Crippen LogP contribution in [0.1, 0.15) is 40.0 Å². The molecule has 0 amide bonds. The zero-order valence-electron chi connectivity index (χ0n) is 8.63. The van der Waals surface area contributed by atoms with E-state index in [2.05, 4.69) is 20.8 Å². The lowest BCUT2D eigenvalue weighted by Crippen LogP contribution is -2.48. The Balaban J connectivity index is 2.49. The molecule has 0 aromatic rings. The summed E-state index contributed by atoms with van der Waals surface area (Å²) in [7, 11) is 0. The van der Waals surface area contributed by atoms with E-state index in [4.69, 9.17) is 0 Å². The molecule has 2 rings (SSSR count). The van der Waals surface area contributed by atoms with Gasteiger partial charge in [-0.1, -0.05) is 20.8 Å². The van der Waals surface area contributed by atoms with Gasteiger partial charge in [0.2, 0.25) is 0 Å². The number of aliphatic hydroxyl groups is 1. The van der Waals surface area contributed by atoms with Gasteiger partial charge in [-0.25, -0.2) is 0 Å². The van der Waals surface area contributed by atoms with Crippen LogP contribution < -0.4 is 0 Å². The number of aldehydes is 1. The van der Waals surface area contributed by atoms with Crippen LogP contribution in [0.3, 0.4) is 0 Å². The normalized spacial score (nSPS) is 52.5. The highest BCUT2D eigenvalue weighted by Gasteiger charge is 2.68. The van der Waals surface area contributed by atoms with E-state index in [0.29, 0.717) is 12.3 Å². The van der Waals surface area contributed by atoms with E-state index in [1.165, 1.54) is 6.42 Å². The van der Waals surface area contributed by atoms with Gasteiger partial charge in [-0.2, -0.15) is 0 Å². The average Bonchev–Trinajstić information content (AvgIpc) is 2.36. The van der Waals surface area contributed by atoms with Gasteiger partial charge < -0.3 is 9.90 Å². The van der Waals surface area contributed by atoms with Gasteiger partial charge in [-0.05, 0) is 30.6 Å². The van der Waals surface area contributed by atoms with Gasteiger partial charge in [0, 0.05) is 5.41 Å². The fourth-order valence-electron chi connectivity index (χ4n) is 3.51. The molecule has 74 valence electrons. The molecule has 2 heteroatoms. The summed E-state index contributed by atoms with van der Waals surface area (Å²) in [6.45, 7) is 6.44. The number of hydrogen-bond donors (Lipinski definition) is 1. The zero-order chi connectivity index (χ0) is 9.91. The highest BCUT2D eigenvalue weighted by atomic mass is 16.3. The smallest absolute Gasteiger partial charge is 0.152 e. The van der Waals surface area contributed by atoms with E-state index in [0.717, 1.165) is 12.7 Å². The summed E-state index contributed by atoms with van der Waals surface area (Å²) in [6.07, 6.45) is 3.59. The van der Waals surface area contributed by atoms with Gasteiger partial charge in [-0.3, -0.25) is 0 Å². The van der Waals surface area contributed by atoms with Crippen LogP contribution in [0.4, 0.5) is 0 Å². The minimum atomic E-state index is -1.06. The van der Waals surface area contributed by atoms with Crippen molar-refractivity contribution in [3.8, 4) is 0 Å². The lowest BCUT2D eigenvalue weighted by atomic mass is 9.65. The summed E-state index contributed by atoms with van der Waals surface area (Å²) < 4.78 is 0. The van der Waals surface area contributed by atoms with E-state index >= 15 is 0 Å². The number of carbonyl (C=O) groups is 1. The first-order valence-electron chi connectivity index (χ1n) is 5.06. The topological polar surface area (TPSA) is 37.3 Å². The van der Waals surface area contributed by atoms with Gasteiger partial charge in [0.1, 0.15) is 5.60 Å². The average molecular weight is 182 g/mol. The fraction of sp³-hybridized carbons (Fsp3) is 0.909. The first-order valence-corrected chi connectivity index (χ1v) is 5.06. The number of rotatable bonds is 1. The summed E-state index contributed by atoms with van der Waals surface area (Å²) in [5.74, 6) is 0.521. The first-order chi connectivity index (χ1) is 5.87. The van der Waals surface area contributed by atoms with E-state index in [-0.39, 0.29) is 10.8 Å². The summed E-state index contributed by atoms with van der Waals surface area (Å²) in [5.41, 5.74) is -1.14. The largest absolute Gasteiger partial charge is 0.382 e. The van der Waals surface area contributed by atoms with Crippen molar-refractivity contribution in [1.82, 2.24) is 0 Å². The second kappa shape index (κ2) is 2.17. The minimum absolute atomic E-state index is 0.114. The Morgan fingerprint density at radius 2 is 2.00 bits per heavy atom. The molecule has 0 unspecified atom stereocenters. The van der Waals surface area contributed by atoms with Crippen LogP contribution in [0, 0.1) is 16.7 Å². The van der Waals surface area contributed by atoms with E-state index in [9.17, 15) is 9.90 Å².